The molecule has 0 N–H and O–H groups in total. The third-order valence-corrected chi connectivity index (χ3v) is 7.80. The molecular weight excluding hydrogens is 252 g/mol. The van der Waals surface area contributed by atoms with Crippen LogP contribution in [0.2, 0.25) is 0 Å². The molecule has 2 aliphatic carbocycles. The Morgan fingerprint density at radius 1 is 1.10 bits per heavy atom. The summed E-state index contributed by atoms with van der Waals surface area (Å²) in [6, 6.07) is 0. The van der Waals surface area contributed by atoms with Gasteiger partial charge >= 0.3 is 0 Å². The lowest BCUT2D eigenvalue weighted by Gasteiger charge is -2.56. The third-order valence-electron chi connectivity index (χ3n) is 7.80. The van der Waals surface area contributed by atoms with Gasteiger partial charge in [0.15, 0.2) is 0 Å². The number of rotatable bonds is 8. The maximum absolute atomic E-state index is 2.65. The van der Waals surface area contributed by atoms with Crippen molar-refractivity contribution in [2.75, 3.05) is 0 Å². The van der Waals surface area contributed by atoms with Gasteiger partial charge in [0.25, 0.3) is 0 Å². The van der Waals surface area contributed by atoms with Gasteiger partial charge in [-0.1, -0.05) is 68.2 Å². The second kappa shape index (κ2) is 5.89. The highest BCUT2D eigenvalue weighted by Gasteiger charge is 2.78. The van der Waals surface area contributed by atoms with Gasteiger partial charge in [-0.2, -0.15) is 0 Å². The summed E-state index contributed by atoms with van der Waals surface area (Å²) in [5, 5.41) is 0. The predicted octanol–water partition coefficient (Wildman–Crippen LogP) is 6.79. The summed E-state index contributed by atoms with van der Waals surface area (Å²) in [6.07, 6.45) is 7.10. The third kappa shape index (κ3) is 2.40. The fraction of sp³-hybridized carbons (Fsp3) is 1.00. The Hall–Kier alpha value is 0. The monoisotopic (exact) mass is 292 g/mol. The van der Waals surface area contributed by atoms with Gasteiger partial charge in [-0.05, 0) is 65.6 Å². The minimum Gasteiger partial charge on any atom is -0.0654 e. The topological polar surface area (TPSA) is 0 Å². The van der Waals surface area contributed by atoms with E-state index in [4.69, 9.17) is 0 Å². The molecule has 0 heteroatoms. The molecule has 0 nitrogen and oxygen atoms in total. The summed E-state index contributed by atoms with van der Waals surface area (Å²) >= 11 is 0. The minimum absolute atomic E-state index is 0.603. The molecule has 2 aliphatic rings. The SMILES string of the molecule is CCCC(CC)(C(C)C)C1C(C)C2C(CCC(C)C)C21C. The molecule has 0 aromatic rings. The van der Waals surface area contributed by atoms with Gasteiger partial charge in [-0.25, -0.2) is 0 Å². The van der Waals surface area contributed by atoms with Crippen LogP contribution in [0.4, 0.5) is 0 Å². The molecule has 0 amide bonds. The highest BCUT2D eigenvalue weighted by Crippen LogP contribution is 2.83. The molecule has 124 valence electrons. The largest absolute Gasteiger partial charge is 0.0654 e. The molecule has 0 aliphatic heterocycles. The molecule has 6 unspecified atom stereocenters. The summed E-state index contributed by atoms with van der Waals surface area (Å²) in [7, 11) is 0. The summed E-state index contributed by atoms with van der Waals surface area (Å²) in [4.78, 5) is 0. The number of fused-ring (bicyclic) bond motifs is 1. The molecule has 2 fully saturated rings. The van der Waals surface area contributed by atoms with E-state index in [1.54, 1.807) is 0 Å². The van der Waals surface area contributed by atoms with Crippen molar-refractivity contribution in [3.05, 3.63) is 0 Å². The highest BCUT2D eigenvalue weighted by atomic mass is 14.8. The number of hydrogen-bond acceptors (Lipinski definition) is 0. The van der Waals surface area contributed by atoms with E-state index in [0.29, 0.717) is 10.8 Å². The summed E-state index contributed by atoms with van der Waals surface area (Å²) in [5.74, 6) is 5.76. The molecule has 0 radical (unpaired) electrons. The molecule has 2 rings (SSSR count). The van der Waals surface area contributed by atoms with E-state index in [0.717, 1.165) is 35.5 Å². The fourth-order valence-electron chi connectivity index (χ4n) is 6.91. The smallest absolute Gasteiger partial charge is 0.0224 e. The normalized spacial score (nSPS) is 40.9. The van der Waals surface area contributed by atoms with Gasteiger partial charge in [0.1, 0.15) is 0 Å². The average molecular weight is 293 g/mol. The van der Waals surface area contributed by atoms with E-state index in [1.165, 1.54) is 32.1 Å². The van der Waals surface area contributed by atoms with E-state index in [9.17, 15) is 0 Å². The molecular formula is C21H40. The second-order valence-electron chi connectivity index (χ2n) is 9.30. The van der Waals surface area contributed by atoms with Crippen molar-refractivity contribution >= 4 is 0 Å². The summed E-state index contributed by atoms with van der Waals surface area (Å²) in [5.41, 5.74) is 1.30. The van der Waals surface area contributed by atoms with Crippen LogP contribution >= 0.6 is 0 Å². The van der Waals surface area contributed by atoms with Crippen LogP contribution in [0, 0.1) is 46.3 Å². The Balaban J connectivity index is 2.16. The van der Waals surface area contributed by atoms with Crippen LogP contribution in [0.3, 0.4) is 0 Å². The molecule has 0 aromatic carbocycles. The molecule has 6 atom stereocenters. The Morgan fingerprint density at radius 2 is 1.71 bits per heavy atom. The molecule has 0 aromatic heterocycles. The molecule has 0 saturated heterocycles. The van der Waals surface area contributed by atoms with Crippen LogP contribution in [0.25, 0.3) is 0 Å². The zero-order chi connectivity index (χ0) is 16.0. The zero-order valence-electron chi connectivity index (χ0n) is 16.0. The first kappa shape index (κ1) is 17.4. The van der Waals surface area contributed by atoms with Gasteiger partial charge < -0.3 is 0 Å². The Labute approximate surface area is 134 Å². The van der Waals surface area contributed by atoms with Crippen LogP contribution < -0.4 is 0 Å². The van der Waals surface area contributed by atoms with E-state index < -0.39 is 0 Å². The van der Waals surface area contributed by atoms with E-state index in [-0.39, 0.29) is 0 Å². The fourth-order valence-corrected chi connectivity index (χ4v) is 6.91. The molecule has 0 spiro atoms. The van der Waals surface area contributed by atoms with Crippen molar-refractivity contribution in [2.24, 2.45) is 46.3 Å². The highest BCUT2D eigenvalue weighted by molar-refractivity contribution is 5.25. The van der Waals surface area contributed by atoms with Gasteiger partial charge in [0.05, 0.1) is 0 Å². The van der Waals surface area contributed by atoms with Gasteiger partial charge in [-0.15, -0.1) is 0 Å². The van der Waals surface area contributed by atoms with Crippen molar-refractivity contribution in [3.8, 4) is 0 Å². The van der Waals surface area contributed by atoms with Crippen molar-refractivity contribution in [1.29, 1.82) is 0 Å². The molecule has 21 heavy (non-hydrogen) atoms. The van der Waals surface area contributed by atoms with E-state index >= 15 is 0 Å². The summed E-state index contributed by atoms with van der Waals surface area (Å²) in [6.45, 7) is 19.8. The Bertz CT molecular complexity index is 355. The molecule has 2 saturated carbocycles. The van der Waals surface area contributed by atoms with E-state index in [2.05, 4.69) is 55.4 Å². The van der Waals surface area contributed by atoms with Crippen LogP contribution in [-0.2, 0) is 0 Å². The van der Waals surface area contributed by atoms with Gasteiger partial charge in [-0.3, -0.25) is 0 Å². The Kier molecular flexibility index (Phi) is 4.87. The van der Waals surface area contributed by atoms with Crippen molar-refractivity contribution in [2.45, 2.75) is 87.5 Å². The molecule has 0 heterocycles. The van der Waals surface area contributed by atoms with Crippen LogP contribution in [0.5, 0.6) is 0 Å². The lowest BCUT2D eigenvalue weighted by molar-refractivity contribution is -0.0774. The van der Waals surface area contributed by atoms with Gasteiger partial charge in [0.2, 0.25) is 0 Å². The first-order valence-electron chi connectivity index (χ1n) is 9.77. The lowest BCUT2D eigenvalue weighted by Crippen LogP contribution is -2.50. The van der Waals surface area contributed by atoms with Crippen LogP contribution in [-0.4, -0.2) is 0 Å². The zero-order valence-corrected chi connectivity index (χ0v) is 16.0. The van der Waals surface area contributed by atoms with E-state index in [1.807, 2.05) is 0 Å². The van der Waals surface area contributed by atoms with Crippen molar-refractivity contribution in [3.63, 3.8) is 0 Å². The predicted molar refractivity (Wildman–Crippen MR) is 94.3 cm³/mol. The number of hydrogen-bond donors (Lipinski definition) is 0. The van der Waals surface area contributed by atoms with Crippen LogP contribution in [0.15, 0.2) is 0 Å². The second-order valence-corrected chi connectivity index (χ2v) is 9.30. The van der Waals surface area contributed by atoms with Crippen molar-refractivity contribution < 1.29 is 0 Å². The molecule has 0 bridgehead atoms. The first-order valence-corrected chi connectivity index (χ1v) is 9.77. The van der Waals surface area contributed by atoms with Crippen LogP contribution in [0.1, 0.15) is 87.5 Å². The standard InChI is InChI=1S/C21H40/c1-9-13-21(10-2,15(5)6)19-16(7)18-17(20(18,19)8)12-11-14(3)4/h14-19H,9-13H2,1-8H3. The lowest BCUT2D eigenvalue weighted by atomic mass is 9.49. The maximum atomic E-state index is 2.65. The first-order chi connectivity index (χ1) is 9.77. The average Bonchev–Trinajstić information content (AvgIpc) is 2.94. The Morgan fingerprint density at radius 3 is 2.14 bits per heavy atom. The summed E-state index contributed by atoms with van der Waals surface area (Å²) < 4.78 is 0. The minimum atomic E-state index is 0.603. The van der Waals surface area contributed by atoms with Gasteiger partial charge in [0, 0.05) is 0 Å². The van der Waals surface area contributed by atoms with Crippen molar-refractivity contribution in [1.82, 2.24) is 0 Å². The quantitative estimate of drug-likeness (QED) is 0.462. The maximum Gasteiger partial charge on any atom is -0.0224 e.